The monoisotopic (exact) mass is 464 g/mol. The molecule has 0 aromatic heterocycles. The fourth-order valence-corrected chi connectivity index (χ4v) is 3.94. The summed E-state index contributed by atoms with van der Waals surface area (Å²) in [4.78, 5) is 39.3. The molecular weight excluding hydrogens is 447 g/mol. The second kappa shape index (κ2) is 9.42. The quantitative estimate of drug-likeness (QED) is 0.639. The van der Waals surface area contributed by atoms with Crippen LogP contribution in [0.15, 0.2) is 48.5 Å². The van der Waals surface area contributed by atoms with Crippen LogP contribution in [0, 0.1) is 0 Å². The summed E-state index contributed by atoms with van der Waals surface area (Å²) in [6.45, 7) is 2.08. The predicted octanol–water partition coefficient (Wildman–Crippen LogP) is 3.48. The van der Waals surface area contributed by atoms with Crippen LogP contribution in [-0.2, 0) is 9.59 Å². The molecule has 2 N–H and O–H groups in total. The van der Waals surface area contributed by atoms with Gasteiger partial charge in [-0.05, 0) is 49.5 Å². The van der Waals surface area contributed by atoms with Crippen molar-refractivity contribution in [2.24, 2.45) is 0 Å². The zero-order valence-electron chi connectivity index (χ0n) is 15.9. The second-order valence-electron chi connectivity index (χ2n) is 6.47. The molecule has 0 spiro atoms. The van der Waals surface area contributed by atoms with Crippen molar-refractivity contribution in [3.63, 3.8) is 0 Å². The van der Waals surface area contributed by atoms with Crippen LogP contribution in [0.3, 0.4) is 0 Å². The van der Waals surface area contributed by atoms with Crippen LogP contribution >= 0.6 is 35.4 Å². The summed E-state index contributed by atoms with van der Waals surface area (Å²) >= 11 is 17.3. The molecule has 0 bridgehead atoms. The van der Waals surface area contributed by atoms with E-state index >= 15 is 0 Å². The van der Waals surface area contributed by atoms with Crippen LogP contribution in [0.25, 0.3) is 0 Å². The number of nitrogens with zero attached hydrogens (tertiary/aromatic N) is 2. The van der Waals surface area contributed by atoms with Crippen LogP contribution in [0.4, 0.5) is 5.69 Å². The van der Waals surface area contributed by atoms with Gasteiger partial charge < -0.3 is 5.32 Å². The highest BCUT2D eigenvalue weighted by molar-refractivity contribution is 7.80. The number of carbonyl (C=O) groups is 3. The molecule has 3 rings (SSSR count). The molecule has 1 fully saturated rings. The molecule has 1 aliphatic rings. The molecule has 10 heteroatoms. The van der Waals surface area contributed by atoms with Crippen molar-refractivity contribution in [3.8, 4) is 0 Å². The van der Waals surface area contributed by atoms with Gasteiger partial charge in [-0.3, -0.25) is 24.7 Å². The molecule has 0 saturated carbocycles. The van der Waals surface area contributed by atoms with E-state index in [1.54, 1.807) is 49.4 Å². The zero-order chi connectivity index (χ0) is 21.8. The highest BCUT2D eigenvalue weighted by atomic mass is 35.5. The lowest BCUT2D eigenvalue weighted by atomic mass is 10.1. The third kappa shape index (κ3) is 4.89. The molecule has 2 aromatic rings. The standard InChI is InChI=1S/C20H18Cl2N4O3S/c1-2-25-19(29)16(11-17(27)23-15-9-13(21)8-14(22)10-15)26(20(25)30)24-18(28)12-6-4-3-5-7-12/h3-10,16H,2,11H2,1H3,(H,23,27)(H,24,28). The molecule has 1 atom stereocenters. The fourth-order valence-electron chi connectivity index (χ4n) is 3.02. The third-order valence-electron chi connectivity index (χ3n) is 4.40. The van der Waals surface area contributed by atoms with Gasteiger partial charge in [-0.15, -0.1) is 0 Å². The maximum atomic E-state index is 12.8. The average Bonchev–Trinajstić information content (AvgIpc) is 2.91. The van der Waals surface area contributed by atoms with Crippen molar-refractivity contribution < 1.29 is 14.4 Å². The van der Waals surface area contributed by atoms with Crippen molar-refractivity contribution in [1.82, 2.24) is 15.3 Å². The Morgan fingerprint density at radius 2 is 1.73 bits per heavy atom. The first kappa shape index (κ1) is 22.0. The number of thiocarbonyl (C=S) groups is 1. The maximum absolute atomic E-state index is 12.8. The first-order chi connectivity index (χ1) is 14.3. The number of nitrogens with one attached hydrogen (secondary N) is 2. The molecule has 1 heterocycles. The van der Waals surface area contributed by atoms with Gasteiger partial charge in [-0.2, -0.15) is 0 Å². The Morgan fingerprint density at radius 1 is 1.10 bits per heavy atom. The van der Waals surface area contributed by atoms with Crippen molar-refractivity contribution in [2.45, 2.75) is 19.4 Å². The van der Waals surface area contributed by atoms with E-state index < -0.39 is 17.9 Å². The number of hydrazine groups is 1. The van der Waals surface area contributed by atoms with Crippen molar-refractivity contribution in [2.75, 3.05) is 11.9 Å². The number of rotatable bonds is 6. The number of anilines is 1. The largest absolute Gasteiger partial charge is 0.326 e. The van der Waals surface area contributed by atoms with Crippen LogP contribution in [-0.4, -0.2) is 45.3 Å². The van der Waals surface area contributed by atoms with Crippen LogP contribution < -0.4 is 10.7 Å². The lowest BCUT2D eigenvalue weighted by molar-refractivity contribution is -0.130. The minimum Gasteiger partial charge on any atom is -0.326 e. The summed E-state index contributed by atoms with van der Waals surface area (Å²) < 4.78 is 0. The molecule has 156 valence electrons. The smallest absolute Gasteiger partial charge is 0.269 e. The normalized spacial score (nSPS) is 16.0. The number of hydrogen-bond acceptors (Lipinski definition) is 4. The number of carbonyl (C=O) groups excluding carboxylic acids is 3. The number of benzene rings is 2. The number of hydrogen-bond donors (Lipinski definition) is 2. The zero-order valence-corrected chi connectivity index (χ0v) is 18.2. The van der Waals surface area contributed by atoms with Crippen molar-refractivity contribution >= 4 is 63.9 Å². The molecule has 1 unspecified atom stereocenters. The molecular formula is C20H18Cl2N4O3S. The maximum Gasteiger partial charge on any atom is 0.269 e. The van der Waals surface area contributed by atoms with E-state index in [1.807, 2.05) is 0 Å². The number of likely N-dealkylation sites (N-methyl/N-ethyl adjacent to an activating group) is 1. The summed E-state index contributed by atoms with van der Waals surface area (Å²) in [7, 11) is 0. The van der Waals surface area contributed by atoms with E-state index in [0.29, 0.717) is 27.8 Å². The first-order valence-electron chi connectivity index (χ1n) is 9.06. The highest BCUT2D eigenvalue weighted by Gasteiger charge is 2.43. The molecule has 30 heavy (non-hydrogen) atoms. The summed E-state index contributed by atoms with van der Waals surface area (Å²) in [5, 5.41) is 4.79. The Balaban J connectivity index is 1.77. The van der Waals surface area contributed by atoms with Gasteiger partial charge in [0.1, 0.15) is 6.04 Å². The van der Waals surface area contributed by atoms with Gasteiger partial charge in [-0.25, -0.2) is 5.01 Å². The third-order valence-corrected chi connectivity index (χ3v) is 5.25. The van der Waals surface area contributed by atoms with Crippen LogP contribution in [0.5, 0.6) is 0 Å². The molecule has 3 amide bonds. The van der Waals surface area contributed by atoms with E-state index in [1.165, 1.54) is 16.0 Å². The average molecular weight is 465 g/mol. The van der Waals surface area contributed by atoms with E-state index in [4.69, 9.17) is 35.4 Å². The van der Waals surface area contributed by atoms with Gasteiger partial charge >= 0.3 is 0 Å². The molecule has 0 radical (unpaired) electrons. The minimum atomic E-state index is -0.972. The van der Waals surface area contributed by atoms with E-state index in [2.05, 4.69) is 10.7 Å². The van der Waals surface area contributed by atoms with Gasteiger partial charge in [-0.1, -0.05) is 41.4 Å². The fraction of sp³-hybridized carbons (Fsp3) is 0.200. The van der Waals surface area contributed by atoms with E-state index in [-0.39, 0.29) is 17.4 Å². The SMILES string of the molecule is CCN1C(=O)C(CC(=O)Nc2cc(Cl)cc(Cl)c2)N(NC(=O)c2ccccc2)C1=S. The molecule has 7 nitrogen and oxygen atoms in total. The molecule has 1 saturated heterocycles. The van der Waals surface area contributed by atoms with Crippen LogP contribution in [0.1, 0.15) is 23.7 Å². The van der Waals surface area contributed by atoms with Gasteiger partial charge in [0.25, 0.3) is 11.8 Å². The van der Waals surface area contributed by atoms with Gasteiger partial charge in [0.05, 0.1) is 6.42 Å². The molecule has 2 aromatic carbocycles. The van der Waals surface area contributed by atoms with Gasteiger partial charge in [0, 0.05) is 27.8 Å². The lowest BCUT2D eigenvalue weighted by Gasteiger charge is -2.24. The van der Waals surface area contributed by atoms with Crippen molar-refractivity contribution in [3.05, 3.63) is 64.1 Å². The van der Waals surface area contributed by atoms with Crippen LogP contribution in [0.2, 0.25) is 10.0 Å². The predicted molar refractivity (Wildman–Crippen MR) is 119 cm³/mol. The Bertz CT molecular complexity index is 983. The Labute approximate surface area is 188 Å². The topological polar surface area (TPSA) is 81.8 Å². The van der Waals surface area contributed by atoms with Gasteiger partial charge in [0.2, 0.25) is 5.91 Å². The minimum absolute atomic E-state index is 0.135. The van der Waals surface area contributed by atoms with Gasteiger partial charge in [0.15, 0.2) is 5.11 Å². The highest BCUT2D eigenvalue weighted by Crippen LogP contribution is 2.24. The Hall–Kier alpha value is -2.68. The second-order valence-corrected chi connectivity index (χ2v) is 7.71. The number of amides is 3. The summed E-state index contributed by atoms with van der Waals surface area (Å²) in [5.74, 6) is -1.25. The van der Waals surface area contributed by atoms with E-state index in [9.17, 15) is 14.4 Å². The first-order valence-corrected chi connectivity index (χ1v) is 10.2. The van der Waals surface area contributed by atoms with E-state index in [0.717, 1.165) is 0 Å². The summed E-state index contributed by atoms with van der Waals surface area (Å²) in [5.41, 5.74) is 3.45. The number of halogens is 2. The summed E-state index contributed by atoms with van der Waals surface area (Å²) in [6, 6.07) is 12.2. The lowest BCUT2D eigenvalue weighted by Crippen LogP contribution is -2.49. The van der Waals surface area contributed by atoms with Crippen molar-refractivity contribution in [1.29, 1.82) is 0 Å². The molecule has 1 aliphatic heterocycles. The summed E-state index contributed by atoms with van der Waals surface area (Å²) in [6.07, 6.45) is -0.228. The Morgan fingerprint density at radius 3 is 2.33 bits per heavy atom. The molecule has 0 aliphatic carbocycles. The Kier molecular flexibility index (Phi) is 6.91.